The van der Waals surface area contributed by atoms with Gasteiger partial charge in [-0.3, -0.25) is 9.47 Å². The van der Waals surface area contributed by atoms with Crippen LogP contribution in [-0.4, -0.2) is 45.5 Å². The Labute approximate surface area is 110 Å². The van der Waals surface area contributed by atoms with Crippen LogP contribution in [0.4, 0.5) is 4.79 Å². The van der Waals surface area contributed by atoms with E-state index >= 15 is 0 Å². The Morgan fingerprint density at radius 2 is 1.89 bits per heavy atom. The predicted molar refractivity (Wildman–Crippen MR) is 64.2 cm³/mol. The van der Waals surface area contributed by atoms with E-state index in [1.165, 1.54) is 19.1 Å². The summed E-state index contributed by atoms with van der Waals surface area (Å²) in [7, 11) is 5.91. The first kappa shape index (κ1) is 13.4. The van der Waals surface area contributed by atoms with E-state index in [9.17, 15) is 4.79 Å². The molecule has 0 saturated heterocycles. The molecule has 104 valence electrons. The van der Waals surface area contributed by atoms with Gasteiger partial charge < -0.3 is 19.1 Å². The zero-order chi connectivity index (χ0) is 14.0. The molecule has 0 atom stereocenters. The highest BCUT2D eigenvalue weighted by molar-refractivity contribution is 5.72. The summed E-state index contributed by atoms with van der Waals surface area (Å²) in [5.41, 5.74) is 0. The number of nitrogens with zero attached hydrogens (tertiary/aromatic N) is 1. The third kappa shape index (κ3) is 2.42. The largest absolute Gasteiger partial charge is 0.509 e. The lowest BCUT2D eigenvalue weighted by Crippen LogP contribution is -2.42. The van der Waals surface area contributed by atoms with Crippen molar-refractivity contribution in [2.75, 3.05) is 28.3 Å². The minimum atomic E-state index is -1.65. The zero-order valence-electron chi connectivity index (χ0n) is 11.1. The van der Waals surface area contributed by atoms with E-state index in [-0.39, 0.29) is 11.5 Å². The van der Waals surface area contributed by atoms with Crippen LogP contribution in [0.5, 0.6) is 17.2 Å². The van der Waals surface area contributed by atoms with E-state index in [0.717, 1.165) is 0 Å². The highest BCUT2D eigenvalue weighted by Crippen LogP contribution is 2.46. The van der Waals surface area contributed by atoms with Gasteiger partial charge in [0.25, 0.3) is 0 Å². The molecule has 0 aromatic heterocycles. The topological polar surface area (TPSA) is 66.5 Å². The summed E-state index contributed by atoms with van der Waals surface area (Å²) in [6.07, 6.45) is -2.17. The summed E-state index contributed by atoms with van der Waals surface area (Å²) in [5.74, 6) is 0.848. The molecule has 1 aliphatic heterocycles. The van der Waals surface area contributed by atoms with Gasteiger partial charge in [-0.1, -0.05) is 6.07 Å². The number of ether oxygens (including phenoxy) is 5. The van der Waals surface area contributed by atoms with E-state index < -0.39 is 12.3 Å². The van der Waals surface area contributed by atoms with Gasteiger partial charge in [-0.25, -0.2) is 4.79 Å². The van der Waals surface area contributed by atoms with Crippen LogP contribution in [0.2, 0.25) is 0 Å². The monoisotopic (exact) mass is 269 g/mol. The van der Waals surface area contributed by atoms with Crippen molar-refractivity contribution in [1.82, 2.24) is 4.90 Å². The Kier molecular flexibility index (Phi) is 3.50. The minimum absolute atomic E-state index is 0.229. The number of para-hydroxylation sites is 1. The van der Waals surface area contributed by atoms with Crippen molar-refractivity contribution < 1.29 is 28.5 Å². The molecule has 1 aliphatic rings. The number of carbonyl (C=O) groups excluding carboxylic acids is 1. The summed E-state index contributed by atoms with van der Waals surface area (Å²) in [5, 5.41) is 0. The Morgan fingerprint density at radius 1 is 1.21 bits per heavy atom. The molecule has 1 amide bonds. The second-order valence-electron chi connectivity index (χ2n) is 3.96. The number of carbonyl (C=O) groups is 1. The van der Waals surface area contributed by atoms with E-state index in [4.69, 9.17) is 23.7 Å². The number of methoxy groups -OCH3 is 2. The number of amides is 1. The first-order valence-electron chi connectivity index (χ1n) is 5.52. The number of benzene rings is 1. The fourth-order valence-corrected chi connectivity index (χ4v) is 1.47. The van der Waals surface area contributed by atoms with Crippen molar-refractivity contribution in [2.24, 2.45) is 0 Å². The summed E-state index contributed by atoms with van der Waals surface area (Å²) < 4.78 is 26.1. The third-order valence-electron chi connectivity index (χ3n) is 2.47. The van der Waals surface area contributed by atoms with Gasteiger partial charge in [0, 0.05) is 28.3 Å². The van der Waals surface area contributed by atoms with Gasteiger partial charge in [0.2, 0.25) is 5.75 Å². The van der Waals surface area contributed by atoms with Crippen LogP contribution in [-0.2, 0) is 9.47 Å². The number of rotatable bonds is 3. The fourth-order valence-electron chi connectivity index (χ4n) is 1.47. The van der Waals surface area contributed by atoms with Crippen LogP contribution in [0.25, 0.3) is 0 Å². The Hall–Kier alpha value is -1.99. The van der Waals surface area contributed by atoms with Crippen LogP contribution in [0.15, 0.2) is 18.2 Å². The average molecular weight is 269 g/mol. The van der Waals surface area contributed by atoms with E-state index in [1.807, 2.05) is 0 Å². The molecular weight excluding hydrogens is 254 g/mol. The van der Waals surface area contributed by atoms with E-state index in [2.05, 4.69) is 0 Å². The number of fused-ring (bicyclic) bond motifs is 1. The van der Waals surface area contributed by atoms with Crippen molar-refractivity contribution in [3.8, 4) is 17.2 Å². The van der Waals surface area contributed by atoms with Gasteiger partial charge in [0.1, 0.15) is 0 Å². The third-order valence-corrected chi connectivity index (χ3v) is 2.47. The Morgan fingerprint density at radius 3 is 2.47 bits per heavy atom. The molecule has 0 spiro atoms. The van der Waals surface area contributed by atoms with Gasteiger partial charge in [-0.15, -0.1) is 0 Å². The molecule has 7 heteroatoms. The average Bonchev–Trinajstić information content (AvgIpc) is 2.79. The van der Waals surface area contributed by atoms with Crippen molar-refractivity contribution in [2.45, 2.75) is 6.16 Å². The van der Waals surface area contributed by atoms with Crippen molar-refractivity contribution in [3.05, 3.63) is 18.2 Å². The summed E-state index contributed by atoms with van der Waals surface area (Å²) in [6, 6.07) is 4.91. The molecule has 2 rings (SSSR count). The van der Waals surface area contributed by atoms with Crippen LogP contribution in [0.1, 0.15) is 0 Å². The number of hydrogen-bond donors (Lipinski definition) is 0. The van der Waals surface area contributed by atoms with Gasteiger partial charge >= 0.3 is 12.3 Å². The second-order valence-corrected chi connectivity index (χ2v) is 3.96. The Balaban J connectivity index is 2.28. The molecule has 1 aromatic rings. The molecule has 7 nitrogen and oxygen atoms in total. The lowest BCUT2D eigenvalue weighted by atomic mass is 10.3. The molecule has 19 heavy (non-hydrogen) atoms. The van der Waals surface area contributed by atoms with Crippen LogP contribution in [0, 0.1) is 0 Å². The molecule has 0 radical (unpaired) electrons. The summed E-state index contributed by atoms with van der Waals surface area (Å²) >= 11 is 0. The number of hydrogen-bond acceptors (Lipinski definition) is 6. The van der Waals surface area contributed by atoms with Crippen molar-refractivity contribution >= 4 is 6.09 Å². The van der Waals surface area contributed by atoms with Gasteiger partial charge in [0.05, 0.1) is 0 Å². The first-order valence-corrected chi connectivity index (χ1v) is 5.52. The molecule has 0 unspecified atom stereocenters. The van der Waals surface area contributed by atoms with Crippen LogP contribution >= 0.6 is 0 Å². The molecule has 1 heterocycles. The maximum Gasteiger partial charge on any atom is 0.509 e. The quantitative estimate of drug-likeness (QED) is 0.773. The van der Waals surface area contributed by atoms with Crippen LogP contribution < -0.4 is 14.2 Å². The maximum atomic E-state index is 11.6. The van der Waals surface area contributed by atoms with Crippen molar-refractivity contribution in [3.63, 3.8) is 0 Å². The molecule has 0 N–H and O–H groups in total. The lowest BCUT2D eigenvalue weighted by molar-refractivity contribution is -0.408. The molecule has 0 bridgehead atoms. The lowest BCUT2D eigenvalue weighted by Gasteiger charge is -2.21. The van der Waals surface area contributed by atoms with E-state index in [1.54, 1.807) is 32.3 Å². The predicted octanol–water partition coefficient (Wildman–Crippen LogP) is 1.42. The highest BCUT2D eigenvalue weighted by atomic mass is 17.0. The SMILES string of the molecule is COC1(OC)Oc2cccc(OC(=O)N(C)C)c2O1. The minimum Gasteiger partial charge on any atom is -0.406 e. The van der Waals surface area contributed by atoms with Gasteiger partial charge in [-0.05, 0) is 12.1 Å². The molecule has 0 aliphatic carbocycles. The van der Waals surface area contributed by atoms with Gasteiger partial charge in [0.15, 0.2) is 11.5 Å². The highest BCUT2D eigenvalue weighted by Gasteiger charge is 2.45. The second kappa shape index (κ2) is 4.94. The first-order chi connectivity index (χ1) is 9.01. The fraction of sp³-hybridized carbons (Fsp3) is 0.417. The Bertz CT molecular complexity index is 483. The smallest absolute Gasteiger partial charge is 0.406 e. The summed E-state index contributed by atoms with van der Waals surface area (Å²) in [4.78, 5) is 12.9. The molecule has 0 saturated carbocycles. The molecule has 1 aromatic carbocycles. The molecule has 0 fully saturated rings. The van der Waals surface area contributed by atoms with Crippen LogP contribution in [0.3, 0.4) is 0 Å². The zero-order valence-corrected chi connectivity index (χ0v) is 11.1. The van der Waals surface area contributed by atoms with Crippen molar-refractivity contribution in [1.29, 1.82) is 0 Å². The summed E-state index contributed by atoms with van der Waals surface area (Å²) in [6.45, 7) is 0. The molecular formula is C12H15NO6. The van der Waals surface area contributed by atoms with E-state index in [0.29, 0.717) is 5.75 Å². The van der Waals surface area contributed by atoms with Gasteiger partial charge in [-0.2, -0.15) is 0 Å². The standard InChI is InChI=1S/C12H15NO6/c1-13(2)11(14)17-8-6-5-7-9-10(8)19-12(15-3,16-4)18-9/h5-7H,1-4H3. The normalized spacial score (nSPS) is 15.2. The maximum absolute atomic E-state index is 11.6.